The lowest BCUT2D eigenvalue weighted by Crippen LogP contribution is -2.44. The number of aliphatic imine (C=N–C) groups is 1. The average molecular weight is 345 g/mol. The summed E-state index contributed by atoms with van der Waals surface area (Å²) in [5.41, 5.74) is 0.795. The van der Waals surface area contributed by atoms with Crippen LogP contribution in [0.4, 0.5) is 0 Å². The van der Waals surface area contributed by atoms with Crippen LogP contribution in [0.5, 0.6) is 11.5 Å². The zero-order valence-electron chi connectivity index (χ0n) is 13.6. The number of esters is 1. The van der Waals surface area contributed by atoms with Crippen LogP contribution in [0, 0.1) is 0 Å². The van der Waals surface area contributed by atoms with E-state index in [1.165, 1.54) is 7.05 Å². The summed E-state index contributed by atoms with van der Waals surface area (Å²) in [6.07, 6.45) is 1.55. The number of hydrogen-bond acceptors (Lipinski definition) is 7. The van der Waals surface area contributed by atoms with Crippen LogP contribution in [0.2, 0.25) is 0 Å². The smallest absolute Gasteiger partial charge is 0.397 e. The number of ether oxygens (including phenoxy) is 3. The van der Waals surface area contributed by atoms with Crippen molar-refractivity contribution >= 4 is 29.8 Å². The molecule has 3 rings (SSSR count). The Morgan fingerprint density at radius 3 is 2.88 bits per heavy atom. The van der Waals surface area contributed by atoms with E-state index in [2.05, 4.69) is 15.0 Å². The molecule has 2 aliphatic heterocycles. The van der Waals surface area contributed by atoms with E-state index in [4.69, 9.17) is 9.47 Å². The monoisotopic (exact) mass is 345 g/mol. The minimum atomic E-state index is -1.04. The lowest BCUT2D eigenvalue weighted by atomic mass is 10.1. The van der Waals surface area contributed by atoms with Gasteiger partial charge in [0.2, 0.25) is 12.8 Å². The molecule has 130 valence electrons. The molecule has 0 fully saturated rings. The molecule has 9 heteroatoms. The molecule has 25 heavy (non-hydrogen) atoms. The first-order valence-corrected chi connectivity index (χ1v) is 7.45. The normalized spacial score (nSPS) is 16.9. The summed E-state index contributed by atoms with van der Waals surface area (Å²) >= 11 is 0. The maximum absolute atomic E-state index is 12.3. The Labute approximate surface area is 142 Å². The summed E-state index contributed by atoms with van der Waals surface area (Å²) in [6.45, 7) is 1.81. The number of carbonyl (C=O) groups is 3. The summed E-state index contributed by atoms with van der Waals surface area (Å²) in [5.74, 6) is -1.30. The average Bonchev–Trinajstić information content (AvgIpc) is 3.15. The van der Waals surface area contributed by atoms with E-state index in [9.17, 15) is 14.4 Å². The molecule has 1 aromatic carbocycles. The molecule has 0 saturated heterocycles. The predicted molar refractivity (Wildman–Crippen MR) is 85.5 cm³/mol. The maximum Gasteiger partial charge on any atom is 0.397 e. The van der Waals surface area contributed by atoms with E-state index in [1.54, 1.807) is 31.2 Å². The van der Waals surface area contributed by atoms with Gasteiger partial charge in [-0.05, 0) is 30.7 Å². The van der Waals surface area contributed by atoms with Crippen LogP contribution in [0.15, 0.2) is 28.9 Å². The summed E-state index contributed by atoms with van der Waals surface area (Å²) in [4.78, 5) is 40.5. The van der Waals surface area contributed by atoms with Gasteiger partial charge in [-0.25, -0.2) is 9.79 Å². The molecular formula is C16H15N3O6. The molecule has 2 aliphatic rings. The van der Waals surface area contributed by atoms with Crippen LogP contribution in [0.25, 0.3) is 6.08 Å². The fourth-order valence-electron chi connectivity index (χ4n) is 2.22. The second kappa shape index (κ2) is 6.63. The zero-order chi connectivity index (χ0) is 18.0. The lowest BCUT2D eigenvalue weighted by Gasteiger charge is -2.11. The van der Waals surface area contributed by atoms with Crippen molar-refractivity contribution in [2.75, 3.05) is 20.4 Å². The third kappa shape index (κ3) is 3.30. The molecule has 0 aliphatic carbocycles. The fourth-order valence-corrected chi connectivity index (χ4v) is 2.22. The first-order chi connectivity index (χ1) is 12.0. The van der Waals surface area contributed by atoms with Crippen LogP contribution in [-0.4, -0.2) is 49.1 Å². The summed E-state index contributed by atoms with van der Waals surface area (Å²) in [6, 6.07) is 5.19. The van der Waals surface area contributed by atoms with Crippen LogP contribution in [-0.2, 0) is 19.1 Å². The van der Waals surface area contributed by atoms with E-state index < -0.39 is 17.8 Å². The Morgan fingerprint density at radius 2 is 2.12 bits per heavy atom. The standard InChI is InChI=1S/C16H15N3O6/c1-3-23-15(22)13(20)18-16-17-10(14(21)19(16)2)6-9-4-5-11-12(7-9)25-8-24-11/h4-7H,3,8H2,1-2H3,(H,17,18,20)/b10-6-. The van der Waals surface area contributed by atoms with Crippen molar-refractivity contribution in [2.24, 2.45) is 4.99 Å². The number of likely N-dealkylation sites (N-methyl/N-ethyl adjacent to an activating group) is 1. The second-order valence-corrected chi connectivity index (χ2v) is 5.12. The summed E-state index contributed by atoms with van der Waals surface area (Å²) in [7, 11) is 1.44. The number of amides is 2. The molecule has 0 saturated carbocycles. The van der Waals surface area contributed by atoms with Gasteiger partial charge in [0.1, 0.15) is 5.70 Å². The highest BCUT2D eigenvalue weighted by Gasteiger charge is 2.30. The topological polar surface area (TPSA) is 107 Å². The van der Waals surface area contributed by atoms with Gasteiger partial charge < -0.3 is 14.2 Å². The largest absolute Gasteiger partial charge is 0.459 e. The molecule has 1 N–H and O–H groups in total. The SMILES string of the molecule is CCOC(=O)C(=O)NC1=N/C(=C\c2ccc3c(c2)OCO3)C(=O)N1C. The molecule has 0 unspecified atom stereocenters. The van der Waals surface area contributed by atoms with E-state index in [1.807, 2.05) is 0 Å². The number of hydrogen-bond donors (Lipinski definition) is 1. The molecule has 0 bridgehead atoms. The number of benzene rings is 1. The van der Waals surface area contributed by atoms with E-state index >= 15 is 0 Å². The molecule has 2 amide bonds. The van der Waals surface area contributed by atoms with Gasteiger partial charge in [0, 0.05) is 7.05 Å². The number of guanidine groups is 1. The fraction of sp³-hybridized carbons (Fsp3) is 0.250. The third-order valence-electron chi connectivity index (χ3n) is 3.45. The number of fused-ring (bicyclic) bond motifs is 1. The van der Waals surface area contributed by atoms with Crippen molar-refractivity contribution in [3.8, 4) is 11.5 Å². The summed E-state index contributed by atoms with van der Waals surface area (Å²) in [5, 5.41) is 2.26. The lowest BCUT2D eigenvalue weighted by molar-refractivity contribution is -0.153. The second-order valence-electron chi connectivity index (χ2n) is 5.12. The highest BCUT2D eigenvalue weighted by atomic mass is 16.7. The Balaban J connectivity index is 1.80. The molecule has 1 aromatic rings. The number of nitrogens with zero attached hydrogens (tertiary/aromatic N) is 2. The van der Waals surface area contributed by atoms with Crippen molar-refractivity contribution in [2.45, 2.75) is 6.92 Å². The number of nitrogens with one attached hydrogen (secondary N) is 1. The van der Waals surface area contributed by atoms with Gasteiger partial charge >= 0.3 is 11.9 Å². The first kappa shape index (κ1) is 16.5. The van der Waals surface area contributed by atoms with Gasteiger partial charge in [0.25, 0.3) is 5.91 Å². The molecule has 2 heterocycles. The van der Waals surface area contributed by atoms with Crippen molar-refractivity contribution < 1.29 is 28.6 Å². The van der Waals surface area contributed by atoms with E-state index in [0.717, 1.165) is 4.90 Å². The Hall–Kier alpha value is -3.36. The number of carbonyl (C=O) groups excluding carboxylic acids is 3. The van der Waals surface area contributed by atoms with Gasteiger partial charge in [-0.3, -0.25) is 19.8 Å². The first-order valence-electron chi connectivity index (χ1n) is 7.45. The molecular weight excluding hydrogens is 330 g/mol. The van der Waals surface area contributed by atoms with Gasteiger partial charge in [-0.1, -0.05) is 6.07 Å². The van der Waals surface area contributed by atoms with Gasteiger partial charge in [0.15, 0.2) is 11.5 Å². The van der Waals surface area contributed by atoms with Crippen LogP contribution < -0.4 is 14.8 Å². The molecule has 9 nitrogen and oxygen atoms in total. The van der Waals surface area contributed by atoms with Crippen molar-refractivity contribution in [1.82, 2.24) is 10.2 Å². The Kier molecular flexibility index (Phi) is 4.38. The third-order valence-corrected chi connectivity index (χ3v) is 3.45. The quantitative estimate of drug-likeness (QED) is 0.468. The highest BCUT2D eigenvalue weighted by molar-refractivity contribution is 6.36. The molecule has 0 atom stereocenters. The highest BCUT2D eigenvalue weighted by Crippen LogP contribution is 2.33. The Morgan fingerprint density at radius 1 is 1.36 bits per heavy atom. The molecule has 0 radical (unpaired) electrons. The van der Waals surface area contributed by atoms with Gasteiger partial charge in [0.05, 0.1) is 6.61 Å². The Bertz CT molecular complexity index is 814. The van der Waals surface area contributed by atoms with Crippen molar-refractivity contribution in [1.29, 1.82) is 0 Å². The van der Waals surface area contributed by atoms with Crippen molar-refractivity contribution in [3.05, 3.63) is 29.5 Å². The minimum Gasteiger partial charge on any atom is -0.459 e. The maximum atomic E-state index is 12.3. The van der Waals surface area contributed by atoms with Crippen LogP contribution in [0.3, 0.4) is 0 Å². The van der Waals surface area contributed by atoms with Crippen LogP contribution in [0.1, 0.15) is 12.5 Å². The van der Waals surface area contributed by atoms with E-state index in [0.29, 0.717) is 17.1 Å². The number of rotatable bonds is 2. The summed E-state index contributed by atoms with van der Waals surface area (Å²) < 4.78 is 15.1. The predicted octanol–water partition coefficient (Wildman–Crippen LogP) is 0.263. The van der Waals surface area contributed by atoms with E-state index in [-0.39, 0.29) is 25.1 Å². The van der Waals surface area contributed by atoms with Gasteiger partial charge in [-0.15, -0.1) is 0 Å². The minimum absolute atomic E-state index is 0.0463. The molecule has 0 spiro atoms. The molecule has 0 aromatic heterocycles. The van der Waals surface area contributed by atoms with Crippen molar-refractivity contribution in [3.63, 3.8) is 0 Å². The zero-order valence-corrected chi connectivity index (χ0v) is 13.6. The van der Waals surface area contributed by atoms with Gasteiger partial charge in [-0.2, -0.15) is 0 Å². The van der Waals surface area contributed by atoms with Crippen LogP contribution >= 0.6 is 0 Å².